The van der Waals surface area contributed by atoms with Crippen LogP contribution in [-0.4, -0.2) is 55.6 Å². The Morgan fingerprint density at radius 3 is 2.34 bits per heavy atom. The molecule has 4 N–H and O–H groups in total. The molecule has 0 radical (unpaired) electrons. The third kappa shape index (κ3) is 11.0. The fourth-order valence-corrected chi connectivity index (χ4v) is 3.20. The molecular formula is C24H36N4O7. The highest BCUT2D eigenvalue weighted by Crippen LogP contribution is 2.31. The monoisotopic (exact) mass is 492 g/mol. The summed E-state index contributed by atoms with van der Waals surface area (Å²) in [4.78, 5) is 54.7. The van der Waals surface area contributed by atoms with E-state index in [1.54, 1.807) is 6.07 Å². The summed E-state index contributed by atoms with van der Waals surface area (Å²) in [5.74, 6) is -1.04. The SMILES string of the molecule is CC(=O)Nc1ccc(C(C)(C)C)c(NC(C)=O)c1.CCCOC1OC(=O)CC1NC(=O)CNC=O. The average Bonchev–Trinajstić information content (AvgIpc) is 3.08. The third-order valence-corrected chi connectivity index (χ3v) is 4.60. The Balaban J connectivity index is 0.000000351. The van der Waals surface area contributed by atoms with Gasteiger partial charge in [0.15, 0.2) is 0 Å². The van der Waals surface area contributed by atoms with Gasteiger partial charge >= 0.3 is 5.97 Å². The summed E-state index contributed by atoms with van der Waals surface area (Å²) in [7, 11) is 0. The van der Waals surface area contributed by atoms with Crippen LogP contribution in [-0.2, 0) is 38.9 Å². The van der Waals surface area contributed by atoms with Crippen molar-refractivity contribution in [3.63, 3.8) is 0 Å². The molecule has 1 saturated heterocycles. The van der Waals surface area contributed by atoms with Crippen LogP contribution in [0.15, 0.2) is 18.2 Å². The van der Waals surface area contributed by atoms with E-state index in [1.165, 1.54) is 13.8 Å². The number of hydrogen-bond donors (Lipinski definition) is 4. The molecule has 11 heteroatoms. The topological polar surface area (TPSA) is 152 Å². The maximum atomic E-state index is 11.3. The highest BCUT2D eigenvalue weighted by molar-refractivity contribution is 5.93. The first-order valence-corrected chi connectivity index (χ1v) is 11.3. The van der Waals surface area contributed by atoms with Crippen LogP contribution in [0, 0.1) is 0 Å². The van der Waals surface area contributed by atoms with E-state index in [1.807, 2.05) is 19.1 Å². The second kappa shape index (κ2) is 14.1. The molecule has 0 aliphatic carbocycles. The number of cyclic esters (lactones) is 1. The van der Waals surface area contributed by atoms with Crippen LogP contribution in [0.3, 0.4) is 0 Å². The van der Waals surface area contributed by atoms with Crippen molar-refractivity contribution in [3.8, 4) is 0 Å². The lowest BCUT2D eigenvalue weighted by atomic mass is 9.85. The molecule has 0 spiro atoms. The number of benzene rings is 1. The zero-order valence-electron chi connectivity index (χ0n) is 21.2. The van der Waals surface area contributed by atoms with Crippen molar-refractivity contribution in [2.75, 3.05) is 23.8 Å². The Morgan fingerprint density at radius 2 is 1.80 bits per heavy atom. The van der Waals surface area contributed by atoms with E-state index >= 15 is 0 Å². The van der Waals surface area contributed by atoms with E-state index in [0.717, 1.165) is 17.7 Å². The highest BCUT2D eigenvalue weighted by atomic mass is 16.7. The maximum Gasteiger partial charge on any atom is 0.310 e. The average molecular weight is 493 g/mol. The molecule has 0 saturated carbocycles. The summed E-state index contributed by atoms with van der Waals surface area (Å²) in [6, 6.07) is 5.06. The molecule has 1 aromatic carbocycles. The molecule has 0 bridgehead atoms. The van der Waals surface area contributed by atoms with Gasteiger partial charge in [-0.25, -0.2) is 0 Å². The molecule has 1 fully saturated rings. The van der Waals surface area contributed by atoms with Crippen molar-refractivity contribution < 1.29 is 33.4 Å². The Morgan fingerprint density at radius 1 is 1.14 bits per heavy atom. The summed E-state index contributed by atoms with van der Waals surface area (Å²) >= 11 is 0. The number of amides is 4. The van der Waals surface area contributed by atoms with Crippen molar-refractivity contribution in [1.29, 1.82) is 0 Å². The Bertz CT molecular complexity index is 912. The van der Waals surface area contributed by atoms with Gasteiger partial charge in [-0.15, -0.1) is 0 Å². The number of rotatable bonds is 9. The summed E-state index contributed by atoms with van der Waals surface area (Å²) < 4.78 is 10.2. The number of anilines is 2. The lowest BCUT2D eigenvalue weighted by Crippen LogP contribution is -2.45. The lowest BCUT2D eigenvalue weighted by Gasteiger charge is -2.23. The number of ether oxygens (including phenoxy) is 2. The minimum atomic E-state index is -0.734. The maximum absolute atomic E-state index is 11.3. The van der Waals surface area contributed by atoms with Gasteiger partial charge in [-0.3, -0.25) is 24.0 Å². The molecule has 1 aromatic rings. The fourth-order valence-electron chi connectivity index (χ4n) is 3.20. The standard InChI is InChI=1S/C14H20N2O2.C10H16N2O5/c1-9(17)15-11-6-7-12(14(3,4)5)13(8-11)16-10(2)18;1-2-3-16-10-7(4-9(15)17-10)12-8(14)5-11-6-13/h6-8H,1-5H3,(H,15,17)(H,16,18);6-7,10H,2-5H2,1H3,(H,11,13)(H,12,14). The molecule has 35 heavy (non-hydrogen) atoms. The Kier molecular flexibility index (Phi) is 11.9. The predicted molar refractivity (Wildman–Crippen MR) is 130 cm³/mol. The van der Waals surface area contributed by atoms with Crippen molar-refractivity contribution >= 4 is 41.5 Å². The largest absolute Gasteiger partial charge is 0.433 e. The summed E-state index contributed by atoms with van der Waals surface area (Å²) in [5, 5.41) is 10.3. The van der Waals surface area contributed by atoms with E-state index in [0.29, 0.717) is 18.7 Å². The van der Waals surface area contributed by atoms with Crippen LogP contribution >= 0.6 is 0 Å². The first-order chi connectivity index (χ1) is 16.4. The Labute approximate surface area is 205 Å². The van der Waals surface area contributed by atoms with Crippen molar-refractivity contribution in [2.45, 2.75) is 72.1 Å². The first kappa shape index (κ1) is 29.6. The van der Waals surface area contributed by atoms with Crippen molar-refractivity contribution in [3.05, 3.63) is 23.8 Å². The van der Waals surface area contributed by atoms with Gasteiger partial charge in [-0.05, 0) is 29.5 Å². The van der Waals surface area contributed by atoms with Crippen molar-refractivity contribution in [2.24, 2.45) is 0 Å². The molecule has 1 heterocycles. The van der Waals surface area contributed by atoms with Crippen LogP contribution < -0.4 is 21.3 Å². The number of carbonyl (C=O) groups excluding carboxylic acids is 5. The zero-order valence-corrected chi connectivity index (χ0v) is 21.2. The number of carbonyl (C=O) groups is 5. The smallest absolute Gasteiger partial charge is 0.310 e. The zero-order chi connectivity index (χ0) is 26.6. The van der Waals surface area contributed by atoms with Gasteiger partial charge in [0, 0.05) is 25.2 Å². The van der Waals surface area contributed by atoms with Crippen LogP contribution in [0.5, 0.6) is 0 Å². The molecule has 2 rings (SSSR count). The van der Waals surface area contributed by atoms with E-state index in [9.17, 15) is 24.0 Å². The van der Waals surface area contributed by atoms with Gasteiger partial charge in [0.05, 0.1) is 19.6 Å². The quantitative estimate of drug-likeness (QED) is 0.303. The Hall–Kier alpha value is -3.47. The molecule has 194 valence electrons. The third-order valence-electron chi connectivity index (χ3n) is 4.60. The summed E-state index contributed by atoms with van der Waals surface area (Å²) in [6.07, 6.45) is 0.575. The molecule has 2 unspecified atom stereocenters. The van der Waals surface area contributed by atoms with Crippen LogP contribution in [0.2, 0.25) is 0 Å². The minimum Gasteiger partial charge on any atom is -0.433 e. The van der Waals surface area contributed by atoms with Gasteiger partial charge in [0.1, 0.15) is 6.04 Å². The normalized spacial score (nSPS) is 16.8. The second-order valence-electron chi connectivity index (χ2n) is 8.98. The van der Waals surface area contributed by atoms with Gasteiger partial charge < -0.3 is 30.7 Å². The fraction of sp³-hybridized carbons (Fsp3) is 0.542. The molecule has 1 aliphatic heterocycles. The van der Waals surface area contributed by atoms with Gasteiger partial charge in [0.25, 0.3) is 0 Å². The number of esters is 1. The molecule has 11 nitrogen and oxygen atoms in total. The molecule has 2 atom stereocenters. The minimum absolute atomic E-state index is 0.0768. The number of hydrogen-bond acceptors (Lipinski definition) is 7. The second-order valence-corrected chi connectivity index (χ2v) is 8.98. The lowest BCUT2D eigenvalue weighted by molar-refractivity contribution is -0.165. The van der Waals surface area contributed by atoms with Gasteiger partial charge in [-0.1, -0.05) is 33.8 Å². The van der Waals surface area contributed by atoms with Crippen LogP contribution in [0.4, 0.5) is 11.4 Å². The first-order valence-electron chi connectivity index (χ1n) is 11.3. The van der Waals surface area contributed by atoms with E-state index < -0.39 is 18.3 Å². The predicted octanol–water partition coefficient (Wildman–Crippen LogP) is 1.82. The van der Waals surface area contributed by atoms with Gasteiger partial charge in [0.2, 0.25) is 30.4 Å². The summed E-state index contributed by atoms with van der Waals surface area (Å²) in [6.45, 7) is 11.4. The number of nitrogens with one attached hydrogen (secondary N) is 4. The van der Waals surface area contributed by atoms with Crippen LogP contribution in [0.25, 0.3) is 0 Å². The molecule has 0 aromatic heterocycles. The molecule has 1 aliphatic rings. The molecular weight excluding hydrogens is 456 g/mol. The highest BCUT2D eigenvalue weighted by Gasteiger charge is 2.36. The van der Waals surface area contributed by atoms with E-state index in [-0.39, 0.29) is 36.1 Å². The summed E-state index contributed by atoms with van der Waals surface area (Å²) in [5.41, 5.74) is 2.37. The van der Waals surface area contributed by atoms with Crippen molar-refractivity contribution in [1.82, 2.24) is 10.6 Å². The molecule has 4 amide bonds. The van der Waals surface area contributed by atoms with Crippen LogP contribution in [0.1, 0.15) is 59.9 Å². The van der Waals surface area contributed by atoms with E-state index in [4.69, 9.17) is 9.47 Å². The van der Waals surface area contributed by atoms with Gasteiger partial charge in [-0.2, -0.15) is 0 Å². The van der Waals surface area contributed by atoms with E-state index in [2.05, 4.69) is 42.0 Å².